The van der Waals surface area contributed by atoms with Crippen LogP contribution in [0.2, 0.25) is 0 Å². The minimum atomic E-state index is 0. The molecule has 1 aliphatic heterocycles. The lowest BCUT2D eigenvalue weighted by Crippen LogP contribution is -2.37. The molecule has 0 bridgehead atoms. The molecule has 0 spiro atoms. The lowest BCUT2D eigenvalue weighted by atomic mass is 10.0. The summed E-state index contributed by atoms with van der Waals surface area (Å²) in [6.07, 6.45) is 6.65. The van der Waals surface area contributed by atoms with Crippen molar-refractivity contribution in [1.82, 2.24) is 5.32 Å². The number of nitrogens with zero attached hydrogens (tertiary/aromatic N) is 1. The molecule has 19 heavy (non-hydrogen) atoms. The molecule has 0 saturated heterocycles. The van der Waals surface area contributed by atoms with Gasteiger partial charge in [-0.2, -0.15) is 0 Å². The number of nitrogens with one attached hydrogen (secondary N) is 1. The second-order valence-corrected chi connectivity index (χ2v) is 4.09. The molecule has 0 amide bonds. The summed E-state index contributed by atoms with van der Waals surface area (Å²) in [6, 6.07) is 8.12. The third kappa shape index (κ3) is 4.31. The molecule has 0 saturated carbocycles. The highest BCUT2D eigenvalue weighted by Crippen LogP contribution is 2.31. The molecule has 1 aromatic carbocycles. The van der Waals surface area contributed by atoms with E-state index in [0.717, 1.165) is 17.7 Å². The Bertz CT molecular complexity index is 482. The zero-order valence-corrected chi connectivity index (χ0v) is 13.0. The number of guanidine groups is 1. The van der Waals surface area contributed by atoms with Crippen molar-refractivity contribution in [2.75, 3.05) is 13.2 Å². The fraction of sp³-hybridized carbons (Fsp3) is 0.357. The van der Waals surface area contributed by atoms with E-state index in [-0.39, 0.29) is 30.0 Å². The molecule has 2 rings (SSSR count). The third-order valence-electron chi connectivity index (χ3n) is 2.82. The van der Waals surface area contributed by atoms with E-state index in [1.807, 2.05) is 24.3 Å². The van der Waals surface area contributed by atoms with E-state index < -0.39 is 0 Å². The predicted octanol–water partition coefficient (Wildman–Crippen LogP) is 2.06. The Morgan fingerprint density at radius 3 is 3.11 bits per heavy atom. The molecule has 1 unspecified atom stereocenters. The summed E-state index contributed by atoms with van der Waals surface area (Å²) in [5.41, 5.74) is 6.96. The van der Waals surface area contributed by atoms with Crippen LogP contribution in [0.4, 0.5) is 0 Å². The first kappa shape index (κ1) is 15.6. The molecule has 1 aromatic rings. The summed E-state index contributed by atoms with van der Waals surface area (Å²) < 4.78 is 5.59. The molecule has 4 nitrogen and oxygen atoms in total. The molecular formula is C14H18IN3O. The topological polar surface area (TPSA) is 59.6 Å². The number of para-hydroxylation sites is 1. The van der Waals surface area contributed by atoms with Crippen molar-refractivity contribution >= 4 is 29.9 Å². The van der Waals surface area contributed by atoms with Crippen LogP contribution in [0.3, 0.4) is 0 Å². The standard InChI is InChI=1S/C14H17N3O.HI/c1-2-3-9-16-14(15)17-12-8-10-18-13-7-5-4-6-11(12)13;/h1,4-7,12H,3,8-10H2,(H3,15,16,17);1H. The highest BCUT2D eigenvalue weighted by Gasteiger charge is 2.20. The maximum Gasteiger partial charge on any atom is 0.189 e. The molecule has 0 fully saturated rings. The number of rotatable bonds is 3. The number of hydrogen-bond donors (Lipinski definition) is 2. The number of halogens is 1. The first-order valence-electron chi connectivity index (χ1n) is 6.03. The van der Waals surface area contributed by atoms with Crippen molar-refractivity contribution in [3.05, 3.63) is 29.8 Å². The molecule has 1 atom stereocenters. The monoisotopic (exact) mass is 371 g/mol. The average molecular weight is 371 g/mol. The van der Waals surface area contributed by atoms with Crippen molar-refractivity contribution in [3.63, 3.8) is 0 Å². The summed E-state index contributed by atoms with van der Waals surface area (Å²) >= 11 is 0. The SMILES string of the molecule is C#CCCN=C(N)NC1CCOc2ccccc21.I. The second kappa shape index (κ2) is 7.89. The Labute approximate surface area is 130 Å². The van der Waals surface area contributed by atoms with Gasteiger partial charge in [-0.05, 0) is 6.07 Å². The fourth-order valence-electron chi connectivity index (χ4n) is 1.96. The average Bonchev–Trinajstić information content (AvgIpc) is 2.39. The maximum atomic E-state index is 5.83. The van der Waals surface area contributed by atoms with Gasteiger partial charge >= 0.3 is 0 Å². The first-order chi connectivity index (χ1) is 8.81. The summed E-state index contributed by atoms with van der Waals surface area (Å²) in [6.45, 7) is 1.24. The van der Waals surface area contributed by atoms with Gasteiger partial charge in [0.25, 0.3) is 0 Å². The number of terminal acetylenes is 1. The highest BCUT2D eigenvalue weighted by atomic mass is 127. The molecule has 0 aromatic heterocycles. The van der Waals surface area contributed by atoms with Crippen molar-refractivity contribution in [3.8, 4) is 18.1 Å². The van der Waals surface area contributed by atoms with Gasteiger partial charge in [0.2, 0.25) is 0 Å². The van der Waals surface area contributed by atoms with Crippen LogP contribution in [0.15, 0.2) is 29.3 Å². The van der Waals surface area contributed by atoms with Gasteiger partial charge in [0.05, 0.1) is 19.2 Å². The molecule has 0 aliphatic carbocycles. The van der Waals surface area contributed by atoms with E-state index in [4.69, 9.17) is 16.9 Å². The number of benzene rings is 1. The van der Waals surface area contributed by atoms with Gasteiger partial charge in [-0.15, -0.1) is 36.3 Å². The van der Waals surface area contributed by atoms with Crippen LogP contribution in [0.1, 0.15) is 24.4 Å². The second-order valence-electron chi connectivity index (χ2n) is 4.09. The summed E-state index contributed by atoms with van der Waals surface area (Å²) in [5, 5.41) is 3.21. The molecule has 1 heterocycles. The van der Waals surface area contributed by atoms with Crippen LogP contribution in [-0.4, -0.2) is 19.1 Å². The van der Waals surface area contributed by atoms with Crippen LogP contribution >= 0.6 is 24.0 Å². The van der Waals surface area contributed by atoms with E-state index in [9.17, 15) is 0 Å². The van der Waals surface area contributed by atoms with Gasteiger partial charge in [-0.1, -0.05) is 18.2 Å². The molecule has 3 N–H and O–H groups in total. The lowest BCUT2D eigenvalue weighted by Gasteiger charge is -2.26. The summed E-state index contributed by atoms with van der Waals surface area (Å²) in [4.78, 5) is 4.18. The number of nitrogens with two attached hydrogens (primary N) is 1. The Balaban J connectivity index is 0.00000180. The maximum absolute atomic E-state index is 5.83. The minimum absolute atomic E-state index is 0. The first-order valence-corrected chi connectivity index (χ1v) is 6.03. The van der Waals surface area contributed by atoms with E-state index in [1.54, 1.807) is 0 Å². The quantitative estimate of drug-likeness (QED) is 0.281. The summed E-state index contributed by atoms with van der Waals surface area (Å²) in [7, 11) is 0. The zero-order valence-electron chi connectivity index (χ0n) is 10.6. The Morgan fingerprint density at radius 2 is 2.32 bits per heavy atom. The van der Waals surface area contributed by atoms with Gasteiger partial charge in [0.15, 0.2) is 5.96 Å². The summed E-state index contributed by atoms with van der Waals surface area (Å²) in [5.74, 6) is 3.88. The number of fused-ring (bicyclic) bond motifs is 1. The predicted molar refractivity (Wildman–Crippen MR) is 87.8 cm³/mol. The van der Waals surface area contributed by atoms with Gasteiger partial charge in [-0.25, -0.2) is 0 Å². The van der Waals surface area contributed by atoms with Gasteiger partial charge in [0.1, 0.15) is 5.75 Å². The number of aliphatic imine (C=N–C) groups is 1. The van der Waals surface area contributed by atoms with Crippen molar-refractivity contribution in [2.45, 2.75) is 18.9 Å². The smallest absolute Gasteiger partial charge is 0.189 e. The van der Waals surface area contributed by atoms with Crippen LogP contribution in [0.5, 0.6) is 5.75 Å². The molecular weight excluding hydrogens is 353 g/mol. The van der Waals surface area contributed by atoms with E-state index in [1.165, 1.54) is 0 Å². The number of ether oxygens (including phenoxy) is 1. The Hall–Kier alpha value is -1.42. The molecule has 5 heteroatoms. The largest absolute Gasteiger partial charge is 0.493 e. The van der Waals surface area contributed by atoms with Crippen molar-refractivity contribution in [2.24, 2.45) is 10.7 Å². The highest BCUT2D eigenvalue weighted by molar-refractivity contribution is 14.0. The fourth-order valence-corrected chi connectivity index (χ4v) is 1.96. The van der Waals surface area contributed by atoms with E-state index in [0.29, 0.717) is 25.5 Å². The van der Waals surface area contributed by atoms with Crippen LogP contribution in [0, 0.1) is 12.3 Å². The number of hydrogen-bond acceptors (Lipinski definition) is 2. The molecule has 0 radical (unpaired) electrons. The van der Waals surface area contributed by atoms with Gasteiger partial charge < -0.3 is 15.8 Å². The van der Waals surface area contributed by atoms with Gasteiger partial charge in [-0.3, -0.25) is 4.99 Å². The van der Waals surface area contributed by atoms with Crippen LogP contribution < -0.4 is 15.8 Å². The Morgan fingerprint density at radius 1 is 1.53 bits per heavy atom. The molecule has 1 aliphatic rings. The van der Waals surface area contributed by atoms with E-state index >= 15 is 0 Å². The van der Waals surface area contributed by atoms with Crippen LogP contribution in [-0.2, 0) is 0 Å². The van der Waals surface area contributed by atoms with Crippen LogP contribution in [0.25, 0.3) is 0 Å². The zero-order chi connectivity index (χ0) is 12.8. The minimum Gasteiger partial charge on any atom is -0.493 e. The normalized spacial score (nSPS) is 17.4. The van der Waals surface area contributed by atoms with Gasteiger partial charge in [0, 0.05) is 18.4 Å². The molecule has 102 valence electrons. The van der Waals surface area contributed by atoms with Crippen molar-refractivity contribution < 1.29 is 4.74 Å². The van der Waals surface area contributed by atoms with Crippen molar-refractivity contribution in [1.29, 1.82) is 0 Å². The Kier molecular flexibility index (Phi) is 6.50. The lowest BCUT2D eigenvalue weighted by molar-refractivity contribution is 0.262. The van der Waals surface area contributed by atoms with E-state index in [2.05, 4.69) is 16.2 Å². The third-order valence-corrected chi connectivity index (χ3v) is 2.82.